The van der Waals surface area contributed by atoms with E-state index in [9.17, 15) is 4.79 Å². The average molecular weight is 252 g/mol. The Morgan fingerprint density at radius 2 is 2.33 bits per heavy atom. The number of unbranched alkanes of at least 4 members (excludes halogenated alkanes) is 1. The number of carbonyl (C=O) groups is 1. The zero-order chi connectivity index (χ0) is 12.8. The number of rotatable bonds is 8. The molecule has 18 heavy (non-hydrogen) atoms. The highest BCUT2D eigenvalue weighted by molar-refractivity contribution is 5.90. The Morgan fingerprint density at radius 1 is 1.50 bits per heavy atom. The minimum atomic E-state index is -0.239. The van der Waals surface area contributed by atoms with Crippen molar-refractivity contribution < 1.29 is 9.53 Å². The first-order valence-electron chi connectivity index (χ1n) is 6.59. The second kappa shape index (κ2) is 6.49. The van der Waals surface area contributed by atoms with Crippen molar-refractivity contribution in [3.8, 4) is 0 Å². The molecule has 1 heterocycles. The van der Waals surface area contributed by atoms with Crippen molar-refractivity contribution in [1.82, 2.24) is 20.5 Å². The van der Waals surface area contributed by atoms with Crippen LogP contribution in [0.2, 0.25) is 0 Å². The Labute approximate surface area is 107 Å². The van der Waals surface area contributed by atoms with Crippen molar-refractivity contribution in [2.24, 2.45) is 0 Å². The van der Waals surface area contributed by atoms with Gasteiger partial charge in [-0.15, -0.1) is 5.10 Å². The van der Waals surface area contributed by atoms with Crippen LogP contribution in [0.3, 0.4) is 0 Å². The maximum atomic E-state index is 11.7. The number of hydrogen-bond acceptors (Lipinski definition) is 4. The first-order valence-corrected chi connectivity index (χ1v) is 6.59. The number of H-pyrrole nitrogens is 1. The minimum absolute atomic E-state index is 0.227. The molecule has 0 aromatic carbocycles. The molecule has 100 valence electrons. The molecule has 1 amide bonds. The lowest BCUT2D eigenvalue weighted by atomic mass is 10.4. The Balaban J connectivity index is 1.64. The fraction of sp³-hybridized carbons (Fsp3) is 0.750. The number of amides is 1. The molecule has 0 bridgehead atoms. The van der Waals surface area contributed by atoms with Crippen molar-refractivity contribution in [1.29, 1.82) is 0 Å². The molecule has 0 aliphatic heterocycles. The summed E-state index contributed by atoms with van der Waals surface area (Å²) in [6.45, 7) is 3.90. The van der Waals surface area contributed by atoms with Crippen LogP contribution in [0.1, 0.15) is 55.0 Å². The molecule has 1 fully saturated rings. The van der Waals surface area contributed by atoms with E-state index in [1.165, 1.54) is 0 Å². The molecule has 0 radical (unpaired) electrons. The van der Waals surface area contributed by atoms with Gasteiger partial charge in [0.1, 0.15) is 5.82 Å². The fourth-order valence-corrected chi connectivity index (χ4v) is 1.58. The van der Waals surface area contributed by atoms with Gasteiger partial charge >= 0.3 is 0 Å². The number of carbonyl (C=O) groups excluding carboxylic acids is 1. The highest BCUT2D eigenvalue weighted by atomic mass is 16.5. The topological polar surface area (TPSA) is 79.9 Å². The molecular formula is C12H20N4O2. The van der Waals surface area contributed by atoms with E-state index in [4.69, 9.17) is 4.74 Å². The highest BCUT2D eigenvalue weighted by Gasteiger charge is 2.28. The zero-order valence-electron chi connectivity index (χ0n) is 10.7. The predicted octanol–water partition coefficient (Wildman–Crippen LogP) is 1.23. The van der Waals surface area contributed by atoms with Gasteiger partial charge < -0.3 is 10.1 Å². The van der Waals surface area contributed by atoms with Gasteiger partial charge in [-0.05, 0) is 19.3 Å². The maximum Gasteiger partial charge on any atom is 0.291 e. The SMILES string of the molecule is CCCCOCCNC(=O)c1n[nH]c(C2CC2)n1. The lowest BCUT2D eigenvalue weighted by Crippen LogP contribution is -2.28. The van der Waals surface area contributed by atoms with E-state index in [-0.39, 0.29) is 11.7 Å². The van der Waals surface area contributed by atoms with Crippen LogP contribution in [0.15, 0.2) is 0 Å². The molecule has 6 nitrogen and oxygen atoms in total. The third-order valence-corrected chi connectivity index (χ3v) is 2.84. The molecular weight excluding hydrogens is 232 g/mol. The van der Waals surface area contributed by atoms with E-state index in [2.05, 4.69) is 27.4 Å². The summed E-state index contributed by atoms with van der Waals surface area (Å²) in [6, 6.07) is 0. The van der Waals surface area contributed by atoms with Crippen LogP contribution in [-0.4, -0.2) is 40.8 Å². The number of nitrogens with one attached hydrogen (secondary N) is 2. The number of aromatic nitrogens is 3. The van der Waals surface area contributed by atoms with Gasteiger partial charge in [0.2, 0.25) is 5.82 Å². The van der Waals surface area contributed by atoms with Crippen molar-refractivity contribution in [2.75, 3.05) is 19.8 Å². The third-order valence-electron chi connectivity index (χ3n) is 2.84. The van der Waals surface area contributed by atoms with Crippen LogP contribution >= 0.6 is 0 Å². The highest BCUT2D eigenvalue weighted by Crippen LogP contribution is 2.37. The summed E-state index contributed by atoms with van der Waals surface area (Å²) >= 11 is 0. The van der Waals surface area contributed by atoms with Crippen LogP contribution in [0, 0.1) is 0 Å². The summed E-state index contributed by atoms with van der Waals surface area (Å²) in [5, 5.41) is 9.47. The van der Waals surface area contributed by atoms with Gasteiger partial charge in [0.05, 0.1) is 6.61 Å². The number of aromatic amines is 1. The van der Waals surface area contributed by atoms with E-state index in [1.54, 1.807) is 0 Å². The Hall–Kier alpha value is -1.43. The van der Waals surface area contributed by atoms with Gasteiger partial charge in [-0.3, -0.25) is 9.89 Å². The van der Waals surface area contributed by atoms with Gasteiger partial charge in [0.15, 0.2) is 0 Å². The van der Waals surface area contributed by atoms with Gasteiger partial charge in [-0.1, -0.05) is 13.3 Å². The zero-order valence-corrected chi connectivity index (χ0v) is 10.7. The average Bonchev–Trinajstić information content (AvgIpc) is 3.11. The lowest BCUT2D eigenvalue weighted by molar-refractivity contribution is 0.0903. The van der Waals surface area contributed by atoms with Crippen LogP contribution in [-0.2, 0) is 4.74 Å². The second-order valence-electron chi connectivity index (χ2n) is 4.54. The third kappa shape index (κ3) is 3.80. The van der Waals surface area contributed by atoms with Gasteiger partial charge in [-0.25, -0.2) is 4.98 Å². The van der Waals surface area contributed by atoms with Crippen molar-refractivity contribution in [3.63, 3.8) is 0 Å². The Kier molecular flexibility index (Phi) is 4.69. The van der Waals surface area contributed by atoms with Crippen molar-refractivity contribution >= 4 is 5.91 Å². The molecule has 1 aromatic rings. The Morgan fingerprint density at radius 3 is 3.06 bits per heavy atom. The summed E-state index contributed by atoms with van der Waals surface area (Å²) in [6.07, 6.45) is 4.45. The van der Waals surface area contributed by atoms with E-state index in [0.29, 0.717) is 19.1 Å². The van der Waals surface area contributed by atoms with Gasteiger partial charge in [0, 0.05) is 19.1 Å². The minimum Gasteiger partial charge on any atom is -0.380 e. The molecule has 0 atom stereocenters. The Bertz CT molecular complexity index is 387. The first-order chi connectivity index (χ1) is 8.81. The largest absolute Gasteiger partial charge is 0.380 e. The first kappa shape index (κ1) is 13.0. The molecule has 6 heteroatoms. The summed E-state index contributed by atoms with van der Waals surface area (Å²) in [4.78, 5) is 15.9. The molecule has 1 aliphatic rings. The number of nitrogens with zero attached hydrogens (tertiary/aromatic N) is 2. The fourth-order valence-electron chi connectivity index (χ4n) is 1.58. The van der Waals surface area contributed by atoms with E-state index >= 15 is 0 Å². The normalized spacial score (nSPS) is 14.7. The molecule has 0 unspecified atom stereocenters. The van der Waals surface area contributed by atoms with Gasteiger partial charge in [-0.2, -0.15) is 0 Å². The summed E-state index contributed by atoms with van der Waals surface area (Å²) in [7, 11) is 0. The van der Waals surface area contributed by atoms with Crippen molar-refractivity contribution in [2.45, 2.75) is 38.5 Å². The van der Waals surface area contributed by atoms with E-state index < -0.39 is 0 Å². The van der Waals surface area contributed by atoms with Crippen LogP contribution in [0.4, 0.5) is 0 Å². The standard InChI is InChI=1S/C12H20N4O2/c1-2-3-7-18-8-6-13-12(17)11-14-10(15-16-11)9-4-5-9/h9H,2-8H2,1H3,(H,13,17)(H,14,15,16). The molecule has 2 rings (SSSR count). The number of ether oxygens (including phenoxy) is 1. The molecule has 0 saturated heterocycles. The van der Waals surface area contributed by atoms with Crippen LogP contribution in [0.25, 0.3) is 0 Å². The van der Waals surface area contributed by atoms with E-state index in [0.717, 1.165) is 38.1 Å². The lowest BCUT2D eigenvalue weighted by Gasteiger charge is -2.03. The van der Waals surface area contributed by atoms with Crippen LogP contribution < -0.4 is 5.32 Å². The molecule has 1 aliphatic carbocycles. The molecule has 1 saturated carbocycles. The van der Waals surface area contributed by atoms with Crippen molar-refractivity contribution in [3.05, 3.63) is 11.6 Å². The molecule has 1 aromatic heterocycles. The maximum absolute atomic E-state index is 11.7. The number of hydrogen-bond donors (Lipinski definition) is 2. The van der Waals surface area contributed by atoms with Gasteiger partial charge in [0.25, 0.3) is 5.91 Å². The summed E-state index contributed by atoms with van der Waals surface area (Å²) < 4.78 is 5.35. The van der Waals surface area contributed by atoms with E-state index in [1.807, 2.05) is 0 Å². The predicted molar refractivity (Wildman–Crippen MR) is 66.4 cm³/mol. The smallest absolute Gasteiger partial charge is 0.291 e. The summed E-state index contributed by atoms with van der Waals surface area (Å²) in [5.74, 6) is 1.30. The monoisotopic (exact) mass is 252 g/mol. The van der Waals surface area contributed by atoms with Crippen LogP contribution in [0.5, 0.6) is 0 Å². The quantitative estimate of drug-likeness (QED) is 0.682. The molecule has 0 spiro atoms. The molecule has 2 N–H and O–H groups in total. The second-order valence-corrected chi connectivity index (χ2v) is 4.54. The summed E-state index contributed by atoms with van der Waals surface area (Å²) in [5.41, 5.74) is 0.